The predicted octanol–water partition coefficient (Wildman–Crippen LogP) is 2.20. The number of fused-ring (bicyclic) bond motifs is 1. The SMILES string of the molecule is CC(=O)Nc1ccc2oc(C)c(CCN(C)C)c2n1. The van der Waals surface area contributed by atoms with E-state index in [1.54, 1.807) is 6.07 Å². The molecule has 0 fully saturated rings. The fourth-order valence-electron chi connectivity index (χ4n) is 2.02. The molecule has 19 heavy (non-hydrogen) atoms. The number of amides is 1. The van der Waals surface area contributed by atoms with Gasteiger partial charge in [0.25, 0.3) is 0 Å². The third-order valence-corrected chi connectivity index (χ3v) is 2.95. The number of aromatic nitrogens is 1. The number of pyridine rings is 1. The molecular weight excluding hydrogens is 242 g/mol. The average Bonchev–Trinajstić information content (AvgIpc) is 2.61. The lowest BCUT2D eigenvalue weighted by Crippen LogP contribution is -2.15. The first-order chi connectivity index (χ1) is 8.97. The molecule has 2 heterocycles. The number of rotatable bonds is 4. The number of likely N-dealkylation sites (N-methyl/N-ethyl adjacent to an activating group) is 1. The van der Waals surface area contributed by atoms with Gasteiger partial charge in [0, 0.05) is 19.0 Å². The summed E-state index contributed by atoms with van der Waals surface area (Å²) >= 11 is 0. The topological polar surface area (TPSA) is 58.4 Å². The highest BCUT2D eigenvalue weighted by atomic mass is 16.3. The van der Waals surface area contributed by atoms with Crippen LogP contribution in [-0.2, 0) is 11.2 Å². The first-order valence-electron chi connectivity index (χ1n) is 6.28. The standard InChI is InChI=1S/C14H19N3O2/c1-9-11(7-8-17(3)4)14-12(19-9)5-6-13(16-14)15-10(2)18/h5-6H,7-8H2,1-4H3,(H,15,16,18). The van der Waals surface area contributed by atoms with E-state index in [4.69, 9.17) is 4.42 Å². The van der Waals surface area contributed by atoms with E-state index in [9.17, 15) is 4.79 Å². The van der Waals surface area contributed by atoms with E-state index in [1.807, 2.05) is 27.1 Å². The summed E-state index contributed by atoms with van der Waals surface area (Å²) in [5.41, 5.74) is 2.71. The van der Waals surface area contributed by atoms with Gasteiger partial charge in [-0.25, -0.2) is 4.98 Å². The Kier molecular flexibility index (Phi) is 3.85. The van der Waals surface area contributed by atoms with Gasteiger partial charge in [0.15, 0.2) is 5.58 Å². The lowest BCUT2D eigenvalue weighted by molar-refractivity contribution is -0.114. The van der Waals surface area contributed by atoms with Gasteiger partial charge in [0.05, 0.1) is 0 Å². The zero-order chi connectivity index (χ0) is 14.0. The number of carbonyl (C=O) groups excluding carboxylic acids is 1. The maximum Gasteiger partial charge on any atom is 0.222 e. The Morgan fingerprint density at radius 3 is 2.79 bits per heavy atom. The maximum absolute atomic E-state index is 11.1. The summed E-state index contributed by atoms with van der Waals surface area (Å²) < 4.78 is 5.70. The third kappa shape index (κ3) is 3.12. The van der Waals surface area contributed by atoms with Crippen molar-refractivity contribution in [3.63, 3.8) is 0 Å². The molecule has 2 aromatic rings. The Bertz CT molecular complexity index is 602. The van der Waals surface area contributed by atoms with Gasteiger partial charge < -0.3 is 14.6 Å². The molecule has 0 aromatic carbocycles. The number of carbonyl (C=O) groups is 1. The van der Waals surface area contributed by atoms with E-state index in [2.05, 4.69) is 15.2 Å². The fraction of sp³-hybridized carbons (Fsp3) is 0.429. The molecule has 1 N–H and O–H groups in total. The van der Waals surface area contributed by atoms with Crippen molar-refractivity contribution in [1.82, 2.24) is 9.88 Å². The molecule has 0 atom stereocenters. The van der Waals surface area contributed by atoms with Crippen molar-refractivity contribution in [2.45, 2.75) is 20.3 Å². The highest BCUT2D eigenvalue weighted by molar-refractivity contribution is 5.89. The minimum atomic E-state index is -0.123. The van der Waals surface area contributed by atoms with Crippen LogP contribution < -0.4 is 5.32 Å². The summed E-state index contributed by atoms with van der Waals surface area (Å²) in [5.74, 6) is 1.33. The Morgan fingerprint density at radius 2 is 2.16 bits per heavy atom. The third-order valence-electron chi connectivity index (χ3n) is 2.95. The van der Waals surface area contributed by atoms with Crippen LogP contribution in [0.5, 0.6) is 0 Å². The molecule has 1 amide bonds. The van der Waals surface area contributed by atoms with Gasteiger partial charge in [-0.3, -0.25) is 4.79 Å². The van der Waals surface area contributed by atoms with Gasteiger partial charge in [0.2, 0.25) is 5.91 Å². The van der Waals surface area contributed by atoms with Gasteiger partial charge in [-0.2, -0.15) is 0 Å². The minimum absolute atomic E-state index is 0.123. The van der Waals surface area contributed by atoms with E-state index in [0.717, 1.165) is 35.4 Å². The van der Waals surface area contributed by atoms with E-state index < -0.39 is 0 Å². The van der Waals surface area contributed by atoms with E-state index >= 15 is 0 Å². The Hall–Kier alpha value is -1.88. The molecule has 0 aliphatic carbocycles. The molecule has 0 bridgehead atoms. The molecular formula is C14H19N3O2. The van der Waals surface area contributed by atoms with Crippen molar-refractivity contribution >= 4 is 22.8 Å². The second kappa shape index (κ2) is 5.40. The molecule has 0 radical (unpaired) electrons. The molecule has 5 nitrogen and oxygen atoms in total. The van der Waals surface area contributed by atoms with Crippen LogP contribution in [0.4, 0.5) is 5.82 Å². The largest absolute Gasteiger partial charge is 0.459 e. The van der Waals surface area contributed by atoms with Crippen LogP contribution in [0.3, 0.4) is 0 Å². The molecule has 2 rings (SSSR count). The van der Waals surface area contributed by atoms with Crippen molar-refractivity contribution in [3.05, 3.63) is 23.5 Å². The van der Waals surface area contributed by atoms with Gasteiger partial charge >= 0.3 is 0 Å². The van der Waals surface area contributed by atoms with Crippen LogP contribution in [0.2, 0.25) is 0 Å². The van der Waals surface area contributed by atoms with Crippen molar-refractivity contribution in [2.75, 3.05) is 26.0 Å². The lowest BCUT2D eigenvalue weighted by Gasteiger charge is -2.08. The fourth-order valence-corrected chi connectivity index (χ4v) is 2.02. The average molecular weight is 261 g/mol. The molecule has 0 unspecified atom stereocenters. The second-order valence-electron chi connectivity index (χ2n) is 4.91. The van der Waals surface area contributed by atoms with Crippen LogP contribution in [0.25, 0.3) is 11.1 Å². The summed E-state index contributed by atoms with van der Waals surface area (Å²) in [7, 11) is 4.07. The van der Waals surface area contributed by atoms with Gasteiger partial charge in [-0.05, 0) is 39.6 Å². The number of nitrogens with zero attached hydrogens (tertiary/aromatic N) is 2. The molecule has 102 valence electrons. The number of hydrogen-bond acceptors (Lipinski definition) is 4. The Balaban J connectivity index is 2.38. The number of aryl methyl sites for hydroxylation is 1. The summed E-state index contributed by atoms with van der Waals surface area (Å²) in [6, 6.07) is 3.60. The Morgan fingerprint density at radius 1 is 1.42 bits per heavy atom. The van der Waals surface area contributed by atoms with E-state index in [1.165, 1.54) is 6.92 Å². The van der Waals surface area contributed by atoms with Gasteiger partial charge in [-0.15, -0.1) is 0 Å². The minimum Gasteiger partial charge on any atom is -0.459 e. The summed E-state index contributed by atoms with van der Waals surface area (Å²) in [4.78, 5) is 17.7. The maximum atomic E-state index is 11.1. The number of anilines is 1. The van der Waals surface area contributed by atoms with E-state index in [0.29, 0.717) is 5.82 Å². The highest BCUT2D eigenvalue weighted by Gasteiger charge is 2.13. The molecule has 0 spiro atoms. The number of hydrogen-bond donors (Lipinski definition) is 1. The smallest absolute Gasteiger partial charge is 0.222 e. The zero-order valence-corrected chi connectivity index (χ0v) is 11.8. The summed E-state index contributed by atoms with van der Waals surface area (Å²) in [6.45, 7) is 4.35. The van der Waals surface area contributed by atoms with Crippen LogP contribution in [-0.4, -0.2) is 36.4 Å². The van der Waals surface area contributed by atoms with E-state index in [-0.39, 0.29) is 5.91 Å². The molecule has 0 aliphatic rings. The molecule has 0 saturated carbocycles. The first-order valence-corrected chi connectivity index (χ1v) is 6.28. The monoisotopic (exact) mass is 261 g/mol. The second-order valence-corrected chi connectivity index (χ2v) is 4.91. The molecule has 0 aliphatic heterocycles. The molecule has 2 aromatic heterocycles. The van der Waals surface area contributed by atoms with Crippen LogP contribution in [0.1, 0.15) is 18.2 Å². The van der Waals surface area contributed by atoms with Crippen LogP contribution >= 0.6 is 0 Å². The quantitative estimate of drug-likeness (QED) is 0.916. The predicted molar refractivity (Wildman–Crippen MR) is 75.3 cm³/mol. The highest BCUT2D eigenvalue weighted by Crippen LogP contribution is 2.25. The normalized spacial score (nSPS) is 11.2. The number of furan rings is 1. The van der Waals surface area contributed by atoms with Gasteiger partial charge in [0.1, 0.15) is 17.1 Å². The molecule has 0 saturated heterocycles. The summed E-state index contributed by atoms with van der Waals surface area (Å²) in [6.07, 6.45) is 0.877. The van der Waals surface area contributed by atoms with Crippen LogP contribution in [0, 0.1) is 6.92 Å². The zero-order valence-electron chi connectivity index (χ0n) is 11.8. The first kappa shape index (κ1) is 13.5. The van der Waals surface area contributed by atoms with Crippen LogP contribution in [0.15, 0.2) is 16.5 Å². The van der Waals surface area contributed by atoms with Crippen molar-refractivity contribution in [1.29, 1.82) is 0 Å². The number of nitrogens with one attached hydrogen (secondary N) is 1. The Labute approximate surface area is 112 Å². The van der Waals surface area contributed by atoms with Crippen molar-refractivity contribution in [2.24, 2.45) is 0 Å². The van der Waals surface area contributed by atoms with Crippen molar-refractivity contribution in [3.8, 4) is 0 Å². The molecule has 5 heteroatoms. The van der Waals surface area contributed by atoms with Gasteiger partial charge in [-0.1, -0.05) is 0 Å². The lowest BCUT2D eigenvalue weighted by atomic mass is 10.1. The van der Waals surface area contributed by atoms with Crippen molar-refractivity contribution < 1.29 is 9.21 Å². The summed E-state index contributed by atoms with van der Waals surface area (Å²) in [5, 5.41) is 2.70.